The van der Waals surface area contributed by atoms with Crippen LogP contribution in [-0.4, -0.2) is 55.6 Å². The molecule has 1 aromatic carbocycles. The summed E-state index contributed by atoms with van der Waals surface area (Å²) in [5.74, 6) is 0. The van der Waals surface area contributed by atoms with Gasteiger partial charge in [-0.15, -0.1) is 0 Å². The molecule has 1 heterocycles. The summed E-state index contributed by atoms with van der Waals surface area (Å²) in [5.41, 5.74) is -0.841. The predicted octanol–water partition coefficient (Wildman–Crippen LogP) is 3.01. The van der Waals surface area contributed by atoms with E-state index in [1.165, 1.54) is 12.1 Å². The minimum absolute atomic E-state index is 0.0543. The summed E-state index contributed by atoms with van der Waals surface area (Å²) >= 11 is 0. The fraction of sp³-hybridized carbons (Fsp3) is 0.588. The highest BCUT2D eigenvalue weighted by molar-refractivity contribution is 5.53. The quantitative estimate of drug-likeness (QED) is 0.895. The number of alkyl halides is 3. The van der Waals surface area contributed by atoms with Crippen molar-refractivity contribution < 1.29 is 13.2 Å². The van der Waals surface area contributed by atoms with Gasteiger partial charge in [0, 0.05) is 44.5 Å². The Morgan fingerprint density at radius 2 is 1.92 bits per heavy atom. The Morgan fingerprint density at radius 3 is 2.50 bits per heavy atom. The van der Waals surface area contributed by atoms with Crippen LogP contribution in [0.1, 0.15) is 24.5 Å². The van der Waals surface area contributed by atoms with E-state index in [2.05, 4.69) is 22.2 Å². The van der Waals surface area contributed by atoms with Crippen molar-refractivity contribution in [3.8, 4) is 6.07 Å². The molecule has 0 radical (unpaired) electrons. The monoisotopic (exact) mass is 340 g/mol. The number of rotatable bonds is 5. The molecule has 1 saturated heterocycles. The second-order valence-corrected chi connectivity index (χ2v) is 6.35. The van der Waals surface area contributed by atoms with Crippen molar-refractivity contribution in [3.63, 3.8) is 0 Å². The highest BCUT2D eigenvalue weighted by atomic mass is 19.4. The molecule has 1 aliphatic rings. The molecule has 4 nitrogen and oxygen atoms in total. The van der Waals surface area contributed by atoms with Gasteiger partial charge in [-0.25, -0.2) is 0 Å². The molecule has 132 valence electrons. The zero-order valence-electron chi connectivity index (χ0n) is 14.0. The van der Waals surface area contributed by atoms with Crippen molar-refractivity contribution in [2.75, 3.05) is 45.1 Å². The second kappa shape index (κ2) is 7.86. The van der Waals surface area contributed by atoms with Crippen LogP contribution in [0.15, 0.2) is 18.2 Å². The third-order valence-electron chi connectivity index (χ3n) is 4.33. The van der Waals surface area contributed by atoms with E-state index in [0.717, 1.165) is 45.2 Å². The number of piperazine rings is 1. The summed E-state index contributed by atoms with van der Waals surface area (Å²) in [7, 11) is 2.10. The van der Waals surface area contributed by atoms with Crippen LogP contribution in [0.2, 0.25) is 0 Å². The third-order valence-corrected chi connectivity index (χ3v) is 4.33. The van der Waals surface area contributed by atoms with E-state index >= 15 is 0 Å². The van der Waals surface area contributed by atoms with Gasteiger partial charge in [0.15, 0.2) is 0 Å². The molecule has 1 aliphatic heterocycles. The van der Waals surface area contributed by atoms with E-state index < -0.39 is 11.7 Å². The Kier molecular flexibility index (Phi) is 6.08. The number of nitrogens with zero attached hydrogens (tertiary/aromatic N) is 3. The van der Waals surface area contributed by atoms with E-state index in [-0.39, 0.29) is 11.6 Å². The van der Waals surface area contributed by atoms with Crippen LogP contribution in [0, 0.1) is 11.3 Å². The molecule has 0 spiro atoms. The van der Waals surface area contributed by atoms with Crippen molar-refractivity contribution in [1.82, 2.24) is 9.80 Å². The Balaban J connectivity index is 1.92. The normalized spacial score (nSPS) is 18.2. The minimum atomic E-state index is -4.52. The van der Waals surface area contributed by atoms with Crippen LogP contribution in [0.3, 0.4) is 0 Å². The molecule has 1 aromatic rings. The number of nitrogens with one attached hydrogen (secondary N) is 1. The summed E-state index contributed by atoms with van der Waals surface area (Å²) < 4.78 is 39.0. The number of anilines is 1. The number of nitriles is 1. The van der Waals surface area contributed by atoms with Gasteiger partial charge in [-0.3, -0.25) is 0 Å². The third kappa shape index (κ3) is 5.11. The lowest BCUT2D eigenvalue weighted by molar-refractivity contribution is -0.137. The molecule has 0 amide bonds. The van der Waals surface area contributed by atoms with Gasteiger partial charge in [-0.05, 0) is 38.6 Å². The number of hydrogen-bond acceptors (Lipinski definition) is 4. The van der Waals surface area contributed by atoms with Gasteiger partial charge in [0.1, 0.15) is 0 Å². The topological polar surface area (TPSA) is 42.3 Å². The van der Waals surface area contributed by atoms with Gasteiger partial charge in [-0.1, -0.05) is 0 Å². The fourth-order valence-electron chi connectivity index (χ4n) is 2.77. The minimum Gasteiger partial charge on any atom is -0.383 e. The van der Waals surface area contributed by atoms with Crippen LogP contribution in [0.25, 0.3) is 0 Å². The summed E-state index contributed by atoms with van der Waals surface area (Å²) in [4.78, 5) is 4.66. The molecule has 0 aliphatic carbocycles. The highest BCUT2D eigenvalue weighted by Gasteiger charge is 2.33. The lowest BCUT2D eigenvalue weighted by Gasteiger charge is -2.33. The summed E-state index contributed by atoms with van der Waals surface area (Å²) in [6.45, 7) is 7.03. The molecule has 1 fully saturated rings. The van der Waals surface area contributed by atoms with Gasteiger partial charge < -0.3 is 15.1 Å². The molecule has 7 heteroatoms. The molecular weight excluding hydrogens is 317 g/mol. The zero-order chi connectivity index (χ0) is 17.7. The molecule has 2 rings (SSSR count). The standard InChI is InChI=1S/C17H23F3N4/c1-13(5-6-24-9-7-23(2)8-10-24)22-15-4-3-14(12-21)16(11-15)17(18,19)20/h3-4,11,13,22H,5-10H2,1-2H3. The summed E-state index contributed by atoms with van der Waals surface area (Å²) in [6, 6.07) is 5.42. The van der Waals surface area contributed by atoms with Crippen molar-refractivity contribution in [2.45, 2.75) is 25.6 Å². The van der Waals surface area contributed by atoms with E-state index in [4.69, 9.17) is 5.26 Å². The van der Waals surface area contributed by atoms with Gasteiger partial charge in [0.05, 0.1) is 17.2 Å². The maximum absolute atomic E-state index is 13.0. The first kappa shape index (κ1) is 18.6. The van der Waals surface area contributed by atoms with Crippen LogP contribution >= 0.6 is 0 Å². The van der Waals surface area contributed by atoms with Crippen LogP contribution < -0.4 is 5.32 Å². The molecule has 24 heavy (non-hydrogen) atoms. The molecule has 1 N–H and O–H groups in total. The van der Waals surface area contributed by atoms with E-state index in [0.29, 0.717) is 5.69 Å². The maximum atomic E-state index is 13.0. The zero-order valence-corrected chi connectivity index (χ0v) is 14.0. The van der Waals surface area contributed by atoms with Crippen molar-refractivity contribution in [1.29, 1.82) is 5.26 Å². The maximum Gasteiger partial charge on any atom is 0.417 e. The number of likely N-dealkylation sites (N-methyl/N-ethyl adjacent to an activating group) is 1. The Morgan fingerprint density at radius 1 is 1.25 bits per heavy atom. The van der Waals surface area contributed by atoms with Crippen LogP contribution in [0.4, 0.5) is 18.9 Å². The van der Waals surface area contributed by atoms with Gasteiger partial charge >= 0.3 is 6.18 Å². The lowest BCUT2D eigenvalue weighted by atomic mass is 10.1. The smallest absolute Gasteiger partial charge is 0.383 e. The van der Waals surface area contributed by atoms with E-state index in [9.17, 15) is 13.2 Å². The van der Waals surface area contributed by atoms with Crippen LogP contribution in [0.5, 0.6) is 0 Å². The first-order valence-electron chi connectivity index (χ1n) is 8.08. The van der Waals surface area contributed by atoms with Gasteiger partial charge in [0.25, 0.3) is 0 Å². The van der Waals surface area contributed by atoms with Crippen molar-refractivity contribution >= 4 is 5.69 Å². The highest BCUT2D eigenvalue weighted by Crippen LogP contribution is 2.33. The number of benzene rings is 1. The SMILES string of the molecule is CC(CCN1CCN(C)CC1)Nc1ccc(C#N)c(C(F)(F)F)c1. The second-order valence-electron chi connectivity index (χ2n) is 6.35. The molecular formula is C17H23F3N4. The van der Waals surface area contributed by atoms with Gasteiger partial charge in [0.2, 0.25) is 0 Å². The largest absolute Gasteiger partial charge is 0.417 e. The van der Waals surface area contributed by atoms with Crippen molar-refractivity contribution in [3.05, 3.63) is 29.3 Å². The molecule has 0 bridgehead atoms. The van der Waals surface area contributed by atoms with E-state index in [1.807, 2.05) is 6.92 Å². The molecule has 0 saturated carbocycles. The fourth-order valence-corrected chi connectivity index (χ4v) is 2.77. The predicted molar refractivity (Wildman–Crippen MR) is 87.8 cm³/mol. The average Bonchev–Trinajstić information content (AvgIpc) is 2.53. The van der Waals surface area contributed by atoms with Gasteiger partial charge in [-0.2, -0.15) is 18.4 Å². The molecule has 0 aromatic heterocycles. The molecule has 1 unspecified atom stereocenters. The van der Waals surface area contributed by atoms with Crippen molar-refractivity contribution in [2.24, 2.45) is 0 Å². The first-order valence-corrected chi connectivity index (χ1v) is 8.08. The summed E-state index contributed by atoms with van der Waals surface area (Å²) in [6.07, 6.45) is -3.67. The summed E-state index contributed by atoms with van der Waals surface area (Å²) in [5, 5.41) is 11.9. The first-order chi connectivity index (χ1) is 11.3. The van der Waals surface area contributed by atoms with E-state index in [1.54, 1.807) is 6.07 Å². The van der Waals surface area contributed by atoms with Crippen LogP contribution in [-0.2, 0) is 6.18 Å². The number of hydrogen-bond donors (Lipinski definition) is 1. The Bertz CT molecular complexity index is 586. The average molecular weight is 340 g/mol. The Hall–Kier alpha value is -1.78. The molecule has 1 atom stereocenters. The Labute approximate surface area is 140 Å². The number of halogens is 3. The lowest BCUT2D eigenvalue weighted by Crippen LogP contribution is -2.45.